The highest BCUT2D eigenvalue weighted by atomic mass is 79.9. The average molecular weight is 327 g/mol. The van der Waals surface area contributed by atoms with Gasteiger partial charge in [0, 0.05) is 35.6 Å². The van der Waals surface area contributed by atoms with Crippen molar-refractivity contribution in [2.45, 2.75) is 24.6 Å². The molecule has 102 valence electrons. The number of carbonyl (C=O) groups is 1. The van der Waals surface area contributed by atoms with Crippen molar-refractivity contribution in [3.05, 3.63) is 39.4 Å². The Labute approximate surface area is 119 Å². The minimum absolute atomic E-state index is 0.0317. The SMILES string of the molecule is Cc1cc(C(=O)N2CCCC(Br)C2)cc([N+](=O)[O-])c1. The molecule has 0 spiro atoms. The lowest BCUT2D eigenvalue weighted by molar-refractivity contribution is -0.384. The summed E-state index contributed by atoms with van der Waals surface area (Å²) in [5, 5.41) is 10.8. The monoisotopic (exact) mass is 326 g/mol. The van der Waals surface area contributed by atoms with Gasteiger partial charge in [-0.05, 0) is 31.4 Å². The molecule has 1 aliphatic heterocycles. The molecule has 0 bridgehead atoms. The molecule has 1 heterocycles. The molecule has 1 aliphatic rings. The quantitative estimate of drug-likeness (QED) is 0.477. The number of amides is 1. The van der Waals surface area contributed by atoms with Crippen LogP contribution >= 0.6 is 15.9 Å². The summed E-state index contributed by atoms with van der Waals surface area (Å²) >= 11 is 3.52. The number of benzene rings is 1. The summed E-state index contributed by atoms with van der Waals surface area (Å²) in [6, 6.07) is 4.53. The lowest BCUT2D eigenvalue weighted by atomic mass is 10.1. The minimum Gasteiger partial charge on any atom is -0.338 e. The summed E-state index contributed by atoms with van der Waals surface area (Å²) in [7, 11) is 0. The van der Waals surface area contributed by atoms with E-state index in [0.717, 1.165) is 18.4 Å². The van der Waals surface area contributed by atoms with E-state index >= 15 is 0 Å². The van der Waals surface area contributed by atoms with Crippen molar-refractivity contribution >= 4 is 27.5 Å². The van der Waals surface area contributed by atoms with Crippen LogP contribution in [0.4, 0.5) is 5.69 Å². The first-order valence-corrected chi connectivity index (χ1v) is 7.08. The third-order valence-electron chi connectivity index (χ3n) is 3.17. The number of hydrogen-bond donors (Lipinski definition) is 0. The van der Waals surface area contributed by atoms with Gasteiger partial charge in [0.05, 0.1) is 4.92 Å². The van der Waals surface area contributed by atoms with Gasteiger partial charge in [-0.15, -0.1) is 0 Å². The molecule has 6 heteroatoms. The summed E-state index contributed by atoms with van der Waals surface area (Å²) < 4.78 is 0. The highest BCUT2D eigenvalue weighted by molar-refractivity contribution is 9.09. The van der Waals surface area contributed by atoms with Gasteiger partial charge < -0.3 is 4.90 Å². The topological polar surface area (TPSA) is 63.5 Å². The number of carbonyl (C=O) groups excluding carboxylic acids is 1. The van der Waals surface area contributed by atoms with Gasteiger partial charge in [0.2, 0.25) is 0 Å². The van der Waals surface area contributed by atoms with Gasteiger partial charge in [-0.3, -0.25) is 14.9 Å². The number of nitro benzene ring substituents is 1. The van der Waals surface area contributed by atoms with Crippen molar-refractivity contribution in [2.24, 2.45) is 0 Å². The molecule has 0 aromatic heterocycles. The van der Waals surface area contributed by atoms with Crippen LogP contribution in [0.5, 0.6) is 0 Å². The molecule has 0 aliphatic carbocycles. The number of aryl methyl sites for hydroxylation is 1. The zero-order chi connectivity index (χ0) is 14.0. The molecule has 0 saturated carbocycles. The number of alkyl halides is 1. The predicted molar refractivity (Wildman–Crippen MR) is 75.7 cm³/mol. The lowest BCUT2D eigenvalue weighted by Gasteiger charge is -2.30. The fourth-order valence-corrected chi connectivity index (χ4v) is 2.96. The lowest BCUT2D eigenvalue weighted by Crippen LogP contribution is -2.40. The Kier molecular flexibility index (Phi) is 4.19. The van der Waals surface area contributed by atoms with Gasteiger partial charge in [-0.1, -0.05) is 15.9 Å². The van der Waals surface area contributed by atoms with Crippen molar-refractivity contribution in [3.63, 3.8) is 0 Å². The van der Waals surface area contributed by atoms with Gasteiger partial charge >= 0.3 is 0 Å². The maximum atomic E-state index is 12.4. The first-order chi connectivity index (χ1) is 8.97. The zero-order valence-electron chi connectivity index (χ0n) is 10.6. The van der Waals surface area contributed by atoms with Crippen molar-refractivity contribution in [2.75, 3.05) is 13.1 Å². The van der Waals surface area contributed by atoms with Crippen molar-refractivity contribution in [1.82, 2.24) is 4.90 Å². The Morgan fingerprint density at radius 1 is 1.47 bits per heavy atom. The molecule has 1 aromatic carbocycles. The van der Waals surface area contributed by atoms with E-state index in [9.17, 15) is 14.9 Å². The molecule has 19 heavy (non-hydrogen) atoms. The van der Waals surface area contributed by atoms with Gasteiger partial charge in [0.1, 0.15) is 0 Å². The highest BCUT2D eigenvalue weighted by Gasteiger charge is 2.24. The average Bonchev–Trinajstić information content (AvgIpc) is 2.37. The number of non-ortho nitro benzene ring substituents is 1. The number of nitrogens with zero attached hydrogens (tertiary/aromatic N) is 2. The summed E-state index contributed by atoms with van der Waals surface area (Å²) in [6.45, 7) is 3.12. The third kappa shape index (κ3) is 3.32. The molecule has 1 unspecified atom stereocenters. The molecule has 1 fully saturated rings. The van der Waals surface area contributed by atoms with E-state index in [1.807, 2.05) is 0 Å². The van der Waals surface area contributed by atoms with E-state index in [-0.39, 0.29) is 11.6 Å². The van der Waals surface area contributed by atoms with Crippen LogP contribution < -0.4 is 0 Å². The molecule has 1 atom stereocenters. The normalized spacial score (nSPS) is 19.3. The van der Waals surface area contributed by atoms with Crippen molar-refractivity contribution < 1.29 is 9.72 Å². The standard InChI is InChI=1S/C13H15BrN2O3/c1-9-5-10(7-12(6-9)16(18)19)13(17)15-4-2-3-11(14)8-15/h5-7,11H,2-4,8H2,1H3. The van der Waals surface area contributed by atoms with Gasteiger partial charge in [-0.25, -0.2) is 0 Å². The number of likely N-dealkylation sites (tertiary alicyclic amines) is 1. The second-order valence-electron chi connectivity index (χ2n) is 4.81. The Hall–Kier alpha value is -1.43. The molecule has 5 nitrogen and oxygen atoms in total. The molecule has 0 radical (unpaired) electrons. The van der Waals surface area contributed by atoms with Crippen LogP contribution in [-0.2, 0) is 0 Å². The Morgan fingerprint density at radius 2 is 2.21 bits per heavy atom. The molecule has 1 aromatic rings. The van der Waals surface area contributed by atoms with Crippen LogP contribution in [0, 0.1) is 17.0 Å². The van der Waals surface area contributed by atoms with Crippen LogP contribution in [0.2, 0.25) is 0 Å². The van der Waals surface area contributed by atoms with Crippen LogP contribution in [0.3, 0.4) is 0 Å². The van der Waals surface area contributed by atoms with Crippen LogP contribution in [0.25, 0.3) is 0 Å². The highest BCUT2D eigenvalue weighted by Crippen LogP contribution is 2.22. The maximum Gasteiger partial charge on any atom is 0.270 e. The Balaban J connectivity index is 2.25. The van der Waals surface area contributed by atoms with E-state index in [2.05, 4.69) is 15.9 Å². The van der Waals surface area contributed by atoms with Crippen LogP contribution in [0.15, 0.2) is 18.2 Å². The third-order valence-corrected chi connectivity index (χ3v) is 3.92. The first-order valence-electron chi connectivity index (χ1n) is 6.17. The van der Waals surface area contributed by atoms with Crippen LogP contribution in [0.1, 0.15) is 28.8 Å². The number of halogens is 1. The molecule has 2 rings (SSSR count). The van der Waals surface area contributed by atoms with Crippen LogP contribution in [-0.4, -0.2) is 33.6 Å². The Bertz CT molecular complexity index is 519. The molecular weight excluding hydrogens is 312 g/mol. The van der Waals surface area contributed by atoms with E-state index < -0.39 is 4.92 Å². The van der Waals surface area contributed by atoms with E-state index in [0.29, 0.717) is 23.5 Å². The second-order valence-corrected chi connectivity index (χ2v) is 6.10. The molecule has 1 saturated heterocycles. The number of rotatable bonds is 2. The number of hydrogen-bond acceptors (Lipinski definition) is 3. The van der Waals surface area contributed by atoms with Crippen molar-refractivity contribution in [3.8, 4) is 0 Å². The van der Waals surface area contributed by atoms with E-state index in [1.54, 1.807) is 17.9 Å². The predicted octanol–water partition coefficient (Wildman–Crippen LogP) is 2.90. The second kappa shape index (κ2) is 5.69. The van der Waals surface area contributed by atoms with Gasteiger partial charge in [0.25, 0.3) is 11.6 Å². The molecule has 1 amide bonds. The largest absolute Gasteiger partial charge is 0.338 e. The van der Waals surface area contributed by atoms with Gasteiger partial charge in [0.15, 0.2) is 0 Å². The summed E-state index contributed by atoms with van der Waals surface area (Å²) in [4.78, 5) is 24.8. The van der Waals surface area contributed by atoms with Gasteiger partial charge in [-0.2, -0.15) is 0 Å². The fourth-order valence-electron chi connectivity index (χ4n) is 2.28. The fraction of sp³-hybridized carbons (Fsp3) is 0.462. The Morgan fingerprint density at radius 3 is 2.84 bits per heavy atom. The van der Waals surface area contributed by atoms with E-state index in [4.69, 9.17) is 0 Å². The number of nitro groups is 1. The summed E-state index contributed by atoms with van der Waals surface area (Å²) in [6.07, 6.45) is 2.01. The molecule has 0 N–H and O–H groups in total. The summed E-state index contributed by atoms with van der Waals surface area (Å²) in [5.74, 6) is -0.129. The molecular formula is C13H15BrN2O3. The first kappa shape index (κ1) is 14.0. The maximum absolute atomic E-state index is 12.4. The minimum atomic E-state index is -0.465. The number of piperidine rings is 1. The summed E-state index contributed by atoms with van der Waals surface area (Å²) in [5.41, 5.74) is 1.09. The van der Waals surface area contributed by atoms with E-state index in [1.165, 1.54) is 12.1 Å². The smallest absolute Gasteiger partial charge is 0.270 e. The van der Waals surface area contributed by atoms with Crippen molar-refractivity contribution in [1.29, 1.82) is 0 Å². The zero-order valence-corrected chi connectivity index (χ0v) is 12.2.